The van der Waals surface area contributed by atoms with Crippen molar-refractivity contribution in [1.82, 2.24) is 15.3 Å². The lowest BCUT2D eigenvalue weighted by molar-refractivity contribution is 0.0719. The third-order valence-electron chi connectivity index (χ3n) is 1.78. The number of rotatable bonds is 8. The molecule has 0 radical (unpaired) electrons. The van der Waals surface area contributed by atoms with Crippen molar-refractivity contribution in [1.29, 1.82) is 0 Å². The monoisotopic (exact) mass is 211 g/mol. The van der Waals surface area contributed by atoms with Gasteiger partial charge in [0, 0.05) is 38.8 Å². The first kappa shape index (κ1) is 12.0. The molecule has 0 atom stereocenters. The molecule has 1 aromatic heterocycles. The van der Waals surface area contributed by atoms with Gasteiger partial charge in [0.25, 0.3) is 0 Å². The molecule has 15 heavy (non-hydrogen) atoms. The SMILES string of the molecule is COCCOCCNCc1cnccn1. The van der Waals surface area contributed by atoms with Crippen LogP contribution in [0, 0.1) is 0 Å². The number of ether oxygens (including phenoxy) is 2. The molecular formula is C10H17N3O2. The Balaban J connectivity index is 1.93. The van der Waals surface area contributed by atoms with Crippen LogP contribution in [0.4, 0.5) is 0 Å². The highest BCUT2D eigenvalue weighted by Crippen LogP contribution is 1.87. The van der Waals surface area contributed by atoms with Crippen LogP contribution in [0.15, 0.2) is 18.6 Å². The average Bonchev–Trinajstić information content (AvgIpc) is 2.29. The number of nitrogens with zero attached hydrogens (tertiary/aromatic N) is 2. The largest absolute Gasteiger partial charge is 0.382 e. The second-order valence-electron chi connectivity index (χ2n) is 2.98. The van der Waals surface area contributed by atoms with E-state index in [0.29, 0.717) is 19.8 Å². The maximum atomic E-state index is 5.29. The summed E-state index contributed by atoms with van der Waals surface area (Å²) >= 11 is 0. The van der Waals surface area contributed by atoms with E-state index in [2.05, 4.69) is 15.3 Å². The van der Waals surface area contributed by atoms with Crippen LogP contribution in [-0.2, 0) is 16.0 Å². The van der Waals surface area contributed by atoms with Crippen LogP contribution in [0.3, 0.4) is 0 Å². The van der Waals surface area contributed by atoms with E-state index >= 15 is 0 Å². The molecule has 0 aliphatic heterocycles. The second kappa shape index (κ2) is 8.28. The van der Waals surface area contributed by atoms with Gasteiger partial charge < -0.3 is 14.8 Å². The maximum absolute atomic E-state index is 5.29. The summed E-state index contributed by atoms with van der Waals surface area (Å²) in [4.78, 5) is 8.11. The maximum Gasteiger partial charge on any atom is 0.0724 e. The second-order valence-corrected chi connectivity index (χ2v) is 2.98. The Labute approximate surface area is 89.8 Å². The Morgan fingerprint density at radius 1 is 1.27 bits per heavy atom. The van der Waals surface area contributed by atoms with Crippen molar-refractivity contribution in [2.75, 3.05) is 33.5 Å². The zero-order chi connectivity index (χ0) is 10.8. The van der Waals surface area contributed by atoms with Crippen LogP contribution in [0.25, 0.3) is 0 Å². The molecule has 1 N–H and O–H groups in total. The van der Waals surface area contributed by atoms with Crippen LogP contribution < -0.4 is 5.32 Å². The standard InChI is InChI=1S/C10H17N3O2/c1-14-6-7-15-5-4-12-9-10-8-11-2-3-13-10/h2-3,8,12H,4-7,9H2,1H3. The molecule has 0 fully saturated rings. The minimum atomic E-state index is 0.642. The zero-order valence-electron chi connectivity index (χ0n) is 8.98. The lowest BCUT2D eigenvalue weighted by atomic mass is 10.4. The molecule has 0 amide bonds. The molecule has 5 heteroatoms. The van der Waals surface area contributed by atoms with E-state index < -0.39 is 0 Å². The Bertz CT molecular complexity index is 244. The van der Waals surface area contributed by atoms with E-state index in [4.69, 9.17) is 9.47 Å². The van der Waals surface area contributed by atoms with Crippen molar-refractivity contribution in [2.24, 2.45) is 0 Å². The first-order valence-corrected chi connectivity index (χ1v) is 4.96. The quantitative estimate of drug-likeness (QED) is 0.624. The number of hydrogen-bond donors (Lipinski definition) is 1. The van der Waals surface area contributed by atoms with Gasteiger partial charge in [0.2, 0.25) is 0 Å². The van der Waals surface area contributed by atoms with Crippen molar-refractivity contribution in [2.45, 2.75) is 6.54 Å². The predicted octanol–water partition coefficient (Wildman–Crippen LogP) is 0.229. The van der Waals surface area contributed by atoms with Crippen molar-refractivity contribution in [3.63, 3.8) is 0 Å². The molecule has 0 saturated heterocycles. The molecule has 0 unspecified atom stereocenters. The van der Waals surface area contributed by atoms with E-state index in [1.165, 1.54) is 0 Å². The summed E-state index contributed by atoms with van der Waals surface area (Å²) in [5.74, 6) is 0. The molecule has 0 bridgehead atoms. The van der Waals surface area contributed by atoms with Gasteiger partial charge in [-0.15, -0.1) is 0 Å². The molecule has 0 spiro atoms. The van der Waals surface area contributed by atoms with Gasteiger partial charge in [-0.2, -0.15) is 0 Å². The van der Waals surface area contributed by atoms with Crippen LogP contribution in [0.2, 0.25) is 0 Å². The number of methoxy groups -OCH3 is 1. The smallest absolute Gasteiger partial charge is 0.0724 e. The summed E-state index contributed by atoms with van der Waals surface area (Å²) in [6.07, 6.45) is 5.10. The Kier molecular flexibility index (Phi) is 6.64. The summed E-state index contributed by atoms with van der Waals surface area (Å²) in [6, 6.07) is 0. The lowest BCUT2D eigenvalue weighted by Crippen LogP contribution is -2.20. The molecule has 84 valence electrons. The van der Waals surface area contributed by atoms with Gasteiger partial charge in [-0.1, -0.05) is 0 Å². The van der Waals surface area contributed by atoms with Crippen LogP contribution >= 0.6 is 0 Å². The number of aromatic nitrogens is 2. The first-order valence-electron chi connectivity index (χ1n) is 4.96. The molecule has 5 nitrogen and oxygen atoms in total. The fourth-order valence-electron chi connectivity index (χ4n) is 1.03. The molecule has 1 aromatic rings. The number of nitrogens with one attached hydrogen (secondary N) is 1. The Morgan fingerprint density at radius 3 is 2.93 bits per heavy atom. The van der Waals surface area contributed by atoms with E-state index in [-0.39, 0.29) is 0 Å². The summed E-state index contributed by atoms with van der Waals surface area (Å²) < 4.78 is 10.1. The van der Waals surface area contributed by atoms with E-state index in [1.54, 1.807) is 25.7 Å². The molecule has 0 aliphatic rings. The summed E-state index contributed by atoms with van der Waals surface area (Å²) in [7, 11) is 1.66. The topological polar surface area (TPSA) is 56.3 Å². The highest BCUT2D eigenvalue weighted by molar-refractivity contribution is 4.93. The van der Waals surface area contributed by atoms with Gasteiger partial charge >= 0.3 is 0 Å². The molecule has 1 heterocycles. The molecule has 0 saturated carbocycles. The van der Waals surface area contributed by atoms with Crippen LogP contribution in [0.5, 0.6) is 0 Å². The van der Waals surface area contributed by atoms with Crippen molar-refractivity contribution < 1.29 is 9.47 Å². The normalized spacial score (nSPS) is 10.5. The van der Waals surface area contributed by atoms with Crippen molar-refractivity contribution in [3.8, 4) is 0 Å². The minimum Gasteiger partial charge on any atom is -0.382 e. The van der Waals surface area contributed by atoms with Gasteiger partial charge in [-0.3, -0.25) is 9.97 Å². The van der Waals surface area contributed by atoms with Gasteiger partial charge in [-0.05, 0) is 0 Å². The third kappa shape index (κ3) is 6.11. The average molecular weight is 211 g/mol. The highest BCUT2D eigenvalue weighted by Gasteiger charge is 1.92. The Morgan fingerprint density at radius 2 is 2.20 bits per heavy atom. The molecular weight excluding hydrogens is 194 g/mol. The third-order valence-corrected chi connectivity index (χ3v) is 1.78. The van der Waals surface area contributed by atoms with Crippen molar-refractivity contribution >= 4 is 0 Å². The van der Waals surface area contributed by atoms with E-state index in [0.717, 1.165) is 18.8 Å². The summed E-state index contributed by atoms with van der Waals surface area (Å²) in [6.45, 7) is 3.50. The lowest BCUT2D eigenvalue weighted by Gasteiger charge is -2.04. The molecule has 1 rings (SSSR count). The van der Waals surface area contributed by atoms with Crippen LogP contribution in [0.1, 0.15) is 5.69 Å². The van der Waals surface area contributed by atoms with Gasteiger partial charge in [0.05, 0.1) is 25.5 Å². The van der Waals surface area contributed by atoms with Gasteiger partial charge in [-0.25, -0.2) is 0 Å². The fourth-order valence-corrected chi connectivity index (χ4v) is 1.03. The summed E-state index contributed by atoms with van der Waals surface area (Å²) in [5.41, 5.74) is 0.939. The Hall–Kier alpha value is -1.04. The zero-order valence-corrected chi connectivity index (χ0v) is 8.98. The number of hydrogen-bond acceptors (Lipinski definition) is 5. The molecule has 0 aromatic carbocycles. The highest BCUT2D eigenvalue weighted by atomic mass is 16.5. The van der Waals surface area contributed by atoms with Crippen molar-refractivity contribution in [3.05, 3.63) is 24.3 Å². The van der Waals surface area contributed by atoms with Gasteiger partial charge in [0.15, 0.2) is 0 Å². The summed E-state index contributed by atoms with van der Waals surface area (Å²) in [5, 5.41) is 3.21. The van der Waals surface area contributed by atoms with E-state index in [1.807, 2.05) is 0 Å². The molecule has 0 aliphatic carbocycles. The van der Waals surface area contributed by atoms with Gasteiger partial charge in [0.1, 0.15) is 0 Å². The van der Waals surface area contributed by atoms with E-state index in [9.17, 15) is 0 Å². The fraction of sp³-hybridized carbons (Fsp3) is 0.600. The van der Waals surface area contributed by atoms with Crippen LogP contribution in [-0.4, -0.2) is 43.4 Å². The minimum absolute atomic E-state index is 0.642. The first-order chi connectivity index (χ1) is 7.43. The predicted molar refractivity (Wildman–Crippen MR) is 56.4 cm³/mol.